The lowest BCUT2D eigenvalue weighted by Crippen LogP contribution is -2.59. The molecule has 0 radical (unpaired) electrons. The van der Waals surface area contributed by atoms with Crippen LogP contribution in [-0.2, 0) is 14.6 Å². The third-order valence-electron chi connectivity index (χ3n) is 6.36. The van der Waals surface area contributed by atoms with Gasteiger partial charge in [-0.3, -0.25) is 4.79 Å². The normalized spacial score (nSPS) is 25.0. The second kappa shape index (κ2) is 7.13. The molecule has 0 unspecified atom stereocenters. The van der Waals surface area contributed by atoms with Crippen LogP contribution in [0, 0.1) is 0 Å². The largest absolute Gasteiger partial charge is 0.495 e. The molecule has 10 nitrogen and oxygen atoms in total. The van der Waals surface area contributed by atoms with Gasteiger partial charge in [-0.1, -0.05) is 12.1 Å². The van der Waals surface area contributed by atoms with Crippen LogP contribution < -0.4 is 25.9 Å². The van der Waals surface area contributed by atoms with Gasteiger partial charge < -0.3 is 24.4 Å². The zero-order valence-electron chi connectivity index (χ0n) is 17.3. The Kier molecular flexibility index (Phi) is 4.63. The summed E-state index contributed by atoms with van der Waals surface area (Å²) in [4.78, 5) is 31.0. The second-order valence-electron chi connectivity index (χ2n) is 8.14. The number of aromatic amines is 1. The Labute approximate surface area is 178 Å². The molecule has 1 aromatic carbocycles. The molecule has 0 amide bonds. The lowest BCUT2D eigenvalue weighted by molar-refractivity contribution is 0.0706. The Morgan fingerprint density at radius 2 is 1.84 bits per heavy atom. The number of nitrogens with one attached hydrogen (secondary N) is 1. The number of piperazine rings is 1. The van der Waals surface area contributed by atoms with Crippen LogP contribution in [0.15, 0.2) is 33.9 Å². The molecule has 1 aromatic heterocycles. The summed E-state index contributed by atoms with van der Waals surface area (Å²) in [5.41, 5.74) is 0.621. The fourth-order valence-corrected chi connectivity index (χ4v) is 6.04. The monoisotopic (exact) mass is 448 g/mol. The van der Waals surface area contributed by atoms with Crippen LogP contribution in [0.4, 0.5) is 5.69 Å². The molecule has 3 atom stereocenters. The topological polar surface area (TPSA) is 114 Å². The Morgan fingerprint density at radius 1 is 1.13 bits per heavy atom. The third kappa shape index (κ3) is 3.14. The fourth-order valence-electron chi connectivity index (χ4n) is 4.86. The molecule has 31 heavy (non-hydrogen) atoms. The molecule has 3 aliphatic rings. The minimum absolute atomic E-state index is 0.257. The van der Waals surface area contributed by atoms with Crippen LogP contribution in [0.25, 0.3) is 0 Å². The molecule has 0 aliphatic carbocycles. The first-order valence-electron chi connectivity index (χ1n) is 10.2. The minimum atomic E-state index is -3.38. The van der Waals surface area contributed by atoms with Crippen LogP contribution in [0.3, 0.4) is 0 Å². The molecule has 2 bridgehead atoms. The maximum atomic E-state index is 13.3. The van der Waals surface area contributed by atoms with Crippen LogP contribution in [-0.4, -0.2) is 62.9 Å². The lowest BCUT2D eigenvalue weighted by Gasteiger charge is -2.37. The van der Waals surface area contributed by atoms with Gasteiger partial charge in [-0.2, -0.15) is 4.68 Å². The van der Waals surface area contributed by atoms with Crippen molar-refractivity contribution < 1.29 is 17.9 Å². The smallest absolute Gasteiger partial charge is 0.347 e. The molecule has 5 rings (SSSR count). The molecule has 0 spiro atoms. The summed E-state index contributed by atoms with van der Waals surface area (Å²) in [6.07, 6.45) is 0.0218. The van der Waals surface area contributed by atoms with E-state index in [9.17, 15) is 18.0 Å². The maximum absolute atomic E-state index is 13.3. The van der Waals surface area contributed by atoms with Crippen LogP contribution in [0.5, 0.6) is 5.75 Å². The zero-order valence-corrected chi connectivity index (χ0v) is 18.1. The van der Waals surface area contributed by atoms with E-state index < -0.39 is 38.5 Å². The highest BCUT2D eigenvalue weighted by Crippen LogP contribution is 2.50. The van der Waals surface area contributed by atoms with Gasteiger partial charge in [0, 0.05) is 19.3 Å². The van der Waals surface area contributed by atoms with Crippen molar-refractivity contribution in [3.63, 3.8) is 0 Å². The number of sulfone groups is 1. The quantitative estimate of drug-likeness (QED) is 0.692. The predicted molar refractivity (Wildman–Crippen MR) is 114 cm³/mol. The summed E-state index contributed by atoms with van der Waals surface area (Å²) >= 11 is 0. The third-order valence-corrected chi connectivity index (χ3v) is 7.90. The summed E-state index contributed by atoms with van der Waals surface area (Å²) in [5.74, 6) is 0.767. The highest BCUT2D eigenvalue weighted by molar-refractivity contribution is 7.91. The van der Waals surface area contributed by atoms with Gasteiger partial charge in [0.05, 0.1) is 42.4 Å². The molecule has 2 aromatic rings. The van der Waals surface area contributed by atoms with Gasteiger partial charge in [0.15, 0.2) is 9.84 Å². The fraction of sp³-hybridized carbons (Fsp3) is 0.500. The Morgan fingerprint density at radius 3 is 2.52 bits per heavy atom. The van der Waals surface area contributed by atoms with Gasteiger partial charge >= 0.3 is 5.69 Å². The number of fused-ring (bicyclic) bond motifs is 5. The summed E-state index contributed by atoms with van der Waals surface area (Å²) in [6, 6.07) is 7.71. The van der Waals surface area contributed by atoms with Crippen molar-refractivity contribution >= 4 is 15.5 Å². The molecular weight excluding hydrogens is 424 g/mol. The standard InChI is InChI=1S/C20H24N4O6S/c1-29-13-6-4-3-5-12(13)22-7-9-23(10-8-22)24-19(25)16-17(21-20(24)26)14-11-15(18(16)30-14)31(2,27)28/h3-6,14-15,18H,7-11H2,1-2H3,(H,21,26)/t14-,15-,18+/m0/s1. The van der Waals surface area contributed by atoms with Crippen LogP contribution >= 0.6 is 0 Å². The van der Waals surface area contributed by atoms with Crippen molar-refractivity contribution in [1.29, 1.82) is 0 Å². The van der Waals surface area contributed by atoms with E-state index in [1.54, 1.807) is 12.1 Å². The molecule has 3 aliphatic heterocycles. The number of anilines is 1. The van der Waals surface area contributed by atoms with E-state index in [1.807, 2.05) is 24.3 Å². The Balaban J connectivity index is 1.44. The van der Waals surface area contributed by atoms with E-state index in [0.29, 0.717) is 31.9 Å². The van der Waals surface area contributed by atoms with E-state index in [2.05, 4.69) is 9.88 Å². The Bertz CT molecular complexity index is 1250. The number of hydrogen-bond acceptors (Lipinski definition) is 8. The number of para-hydroxylation sites is 2. The number of benzene rings is 1. The molecule has 2 fully saturated rings. The van der Waals surface area contributed by atoms with Crippen molar-refractivity contribution in [3.8, 4) is 5.75 Å². The first kappa shape index (κ1) is 20.1. The molecule has 1 N–H and O–H groups in total. The number of methoxy groups -OCH3 is 1. The van der Waals surface area contributed by atoms with Gasteiger partial charge in [-0.25, -0.2) is 13.2 Å². The Hall–Kier alpha value is -2.79. The van der Waals surface area contributed by atoms with E-state index in [1.165, 1.54) is 0 Å². The first-order chi connectivity index (χ1) is 14.8. The molecule has 11 heteroatoms. The van der Waals surface area contributed by atoms with E-state index in [4.69, 9.17) is 9.47 Å². The molecular formula is C20H24N4O6S. The number of rotatable bonds is 4. The second-order valence-corrected chi connectivity index (χ2v) is 10.4. The first-order valence-corrected chi connectivity index (χ1v) is 12.1. The zero-order chi connectivity index (χ0) is 21.9. The van der Waals surface area contributed by atoms with Gasteiger partial charge in [0.1, 0.15) is 18.0 Å². The van der Waals surface area contributed by atoms with Crippen molar-refractivity contribution in [2.24, 2.45) is 0 Å². The van der Waals surface area contributed by atoms with Crippen molar-refractivity contribution in [3.05, 3.63) is 56.4 Å². The lowest BCUT2D eigenvalue weighted by atomic mass is 9.97. The van der Waals surface area contributed by atoms with Gasteiger partial charge in [0.2, 0.25) is 0 Å². The van der Waals surface area contributed by atoms with Crippen LogP contribution in [0.1, 0.15) is 29.9 Å². The van der Waals surface area contributed by atoms with E-state index in [-0.39, 0.29) is 12.0 Å². The number of aromatic nitrogens is 2. The van der Waals surface area contributed by atoms with Gasteiger partial charge in [-0.05, 0) is 18.6 Å². The number of nitrogens with zero attached hydrogens (tertiary/aromatic N) is 3. The van der Waals surface area contributed by atoms with Crippen molar-refractivity contribution in [1.82, 2.24) is 9.66 Å². The summed E-state index contributed by atoms with van der Waals surface area (Å²) < 4.78 is 36.6. The number of hydrogen-bond donors (Lipinski definition) is 1. The van der Waals surface area contributed by atoms with Crippen LogP contribution in [0.2, 0.25) is 0 Å². The van der Waals surface area contributed by atoms with E-state index in [0.717, 1.165) is 22.4 Å². The van der Waals surface area contributed by atoms with Crippen molar-refractivity contribution in [2.45, 2.75) is 23.9 Å². The summed E-state index contributed by atoms with van der Waals surface area (Å²) in [6.45, 7) is 2.09. The number of ether oxygens (including phenoxy) is 2. The molecule has 2 saturated heterocycles. The molecule has 0 saturated carbocycles. The summed E-state index contributed by atoms with van der Waals surface area (Å²) in [7, 11) is -1.76. The van der Waals surface area contributed by atoms with Gasteiger partial charge in [0.25, 0.3) is 5.56 Å². The van der Waals surface area contributed by atoms with Gasteiger partial charge in [-0.15, -0.1) is 0 Å². The molecule has 166 valence electrons. The summed E-state index contributed by atoms with van der Waals surface area (Å²) in [5, 5.41) is 0.939. The minimum Gasteiger partial charge on any atom is -0.495 e. The van der Waals surface area contributed by atoms with Crippen molar-refractivity contribution in [2.75, 3.05) is 49.5 Å². The maximum Gasteiger partial charge on any atom is 0.347 e. The average molecular weight is 449 g/mol. The average Bonchev–Trinajstić information content (AvgIpc) is 3.33. The highest BCUT2D eigenvalue weighted by Gasteiger charge is 2.52. The predicted octanol–water partition coefficient (Wildman–Crippen LogP) is -0.0673. The number of H-pyrrole nitrogens is 1. The SMILES string of the molecule is COc1ccccc1N1CCN(n2c(=O)[nH]c3c(c2=O)[C@@H]2O[C@H]3C[C@@H]2S(C)(=O)=O)CC1. The molecule has 4 heterocycles. The highest BCUT2D eigenvalue weighted by atomic mass is 32.2. The van der Waals surface area contributed by atoms with E-state index >= 15 is 0 Å².